The molecule has 2 aromatic carbocycles. The number of para-hydroxylation sites is 1. The number of hydrogen-bond donors (Lipinski definition) is 1. The highest BCUT2D eigenvalue weighted by Gasteiger charge is 2.39. The molecule has 0 aliphatic carbocycles. The first-order chi connectivity index (χ1) is 16.8. The summed E-state index contributed by atoms with van der Waals surface area (Å²) in [5.41, 5.74) is 2.06. The zero-order chi connectivity index (χ0) is 24.6. The first-order valence-corrected chi connectivity index (χ1v) is 12.5. The molecular formula is C25H22ClN2O6P. The van der Waals surface area contributed by atoms with E-state index in [1.165, 1.54) is 20.0 Å². The molecule has 2 unspecified atom stereocenters. The second kappa shape index (κ2) is 9.55. The number of halogens is 1. The van der Waals surface area contributed by atoms with Crippen LogP contribution in [0.4, 0.5) is 5.69 Å². The lowest BCUT2D eigenvalue weighted by molar-refractivity contribution is -0.222. The minimum absolute atomic E-state index is 0.108. The molecule has 10 heteroatoms. The molecule has 35 heavy (non-hydrogen) atoms. The third-order valence-electron chi connectivity index (χ3n) is 5.43. The maximum absolute atomic E-state index is 12.2. The number of rotatable bonds is 4. The zero-order valence-corrected chi connectivity index (χ0v) is 20.6. The molecule has 0 bridgehead atoms. The summed E-state index contributed by atoms with van der Waals surface area (Å²) in [7, 11) is -1.32. The number of esters is 2. The molecule has 3 aromatic rings. The molecule has 8 nitrogen and oxygen atoms in total. The average molecular weight is 513 g/mol. The van der Waals surface area contributed by atoms with Gasteiger partial charge >= 0.3 is 11.9 Å². The SMILES string of the molecule is CC1(C)OC(=O)C(=CNc2cccc3cc(P4OCCC(c5cccc(Cl)c5)O4)cnc23)C(=O)O1. The van der Waals surface area contributed by atoms with E-state index in [1.54, 1.807) is 12.3 Å². The summed E-state index contributed by atoms with van der Waals surface area (Å²) in [4.78, 5) is 29.0. The van der Waals surface area contributed by atoms with Crippen molar-refractivity contribution in [2.24, 2.45) is 0 Å². The fraction of sp³-hybridized carbons (Fsp3) is 0.240. The van der Waals surface area contributed by atoms with Crippen LogP contribution in [0, 0.1) is 0 Å². The summed E-state index contributed by atoms with van der Waals surface area (Å²) in [5.74, 6) is -2.80. The highest BCUT2D eigenvalue weighted by Crippen LogP contribution is 2.48. The lowest BCUT2D eigenvalue weighted by Crippen LogP contribution is -2.42. The Morgan fingerprint density at radius 3 is 2.66 bits per heavy atom. The summed E-state index contributed by atoms with van der Waals surface area (Å²) in [5, 5.41) is 5.34. The monoisotopic (exact) mass is 512 g/mol. The first-order valence-electron chi connectivity index (χ1n) is 11.0. The molecule has 0 amide bonds. The number of carbonyl (C=O) groups is 2. The fourth-order valence-corrected chi connectivity index (χ4v) is 5.46. The Morgan fingerprint density at radius 2 is 1.89 bits per heavy atom. The van der Waals surface area contributed by atoms with Crippen LogP contribution >= 0.6 is 20.0 Å². The van der Waals surface area contributed by atoms with Crippen molar-refractivity contribution in [1.29, 1.82) is 0 Å². The predicted octanol–water partition coefficient (Wildman–Crippen LogP) is 5.14. The Morgan fingerprint density at radius 1 is 1.11 bits per heavy atom. The number of aromatic nitrogens is 1. The smallest absolute Gasteiger partial charge is 0.350 e. The van der Waals surface area contributed by atoms with Gasteiger partial charge in [-0.3, -0.25) is 4.98 Å². The molecule has 2 saturated heterocycles. The van der Waals surface area contributed by atoms with Crippen LogP contribution in [0.3, 0.4) is 0 Å². The minimum atomic E-state index is -1.32. The molecule has 1 N–H and O–H groups in total. The van der Waals surface area contributed by atoms with Crippen LogP contribution in [0.15, 0.2) is 66.5 Å². The number of pyridine rings is 1. The van der Waals surface area contributed by atoms with E-state index in [0.29, 0.717) is 22.8 Å². The van der Waals surface area contributed by atoms with Gasteiger partial charge in [0, 0.05) is 48.4 Å². The van der Waals surface area contributed by atoms with Gasteiger partial charge in [-0.15, -0.1) is 0 Å². The van der Waals surface area contributed by atoms with Gasteiger partial charge < -0.3 is 23.8 Å². The van der Waals surface area contributed by atoms with Crippen molar-refractivity contribution in [2.45, 2.75) is 32.2 Å². The molecule has 3 heterocycles. The fourth-order valence-electron chi connectivity index (χ4n) is 3.81. The molecule has 0 radical (unpaired) electrons. The van der Waals surface area contributed by atoms with Crippen molar-refractivity contribution in [3.05, 3.63) is 77.1 Å². The largest absolute Gasteiger partial charge is 0.419 e. The van der Waals surface area contributed by atoms with Crippen molar-refractivity contribution in [3.63, 3.8) is 0 Å². The van der Waals surface area contributed by atoms with Gasteiger partial charge in [0.05, 0.1) is 23.9 Å². The number of benzene rings is 2. The Labute approximate surface area is 208 Å². The van der Waals surface area contributed by atoms with E-state index in [-0.39, 0.29) is 11.7 Å². The quantitative estimate of drug-likeness (QED) is 0.222. The Bertz CT molecular complexity index is 1320. The Hall–Kier alpha value is -3.03. The molecule has 0 spiro atoms. The second-order valence-electron chi connectivity index (χ2n) is 8.48. The summed E-state index contributed by atoms with van der Waals surface area (Å²) in [6, 6.07) is 15.2. The van der Waals surface area contributed by atoms with E-state index in [1.807, 2.05) is 42.5 Å². The summed E-state index contributed by atoms with van der Waals surface area (Å²) < 4.78 is 22.5. The number of ether oxygens (including phenoxy) is 2. The maximum atomic E-state index is 12.2. The molecule has 1 aromatic heterocycles. The lowest BCUT2D eigenvalue weighted by Gasteiger charge is -2.30. The predicted molar refractivity (Wildman–Crippen MR) is 132 cm³/mol. The molecule has 180 valence electrons. The molecule has 2 atom stereocenters. The number of cyclic esters (lactones) is 2. The lowest BCUT2D eigenvalue weighted by atomic mass is 10.1. The van der Waals surface area contributed by atoms with Crippen LogP contribution in [-0.4, -0.2) is 29.3 Å². The van der Waals surface area contributed by atoms with Gasteiger partial charge in [-0.05, 0) is 29.8 Å². The van der Waals surface area contributed by atoms with Crippen LogP contribution in [0.25, 0.3) is 10.9 Å². The zero-order valence-electron chi connectivity index (χ0n) is 19.0. The van der Waals surface area contributed by atoms with Gasteiger partial charge in [0.2, 0.25) is 8.38 Å². The molecule has 2 fully saturated rings. The summed E-state index contributed by atoms with van der Waals surface area (Å²) in [6.45, 7) is 3.56. The Balaban J connectivity index is 1.36. The van der Waals surface area contributed by atoms with Crippen molar-refractivity contribution < 1.29 is 28.1 Å². The minimum Gasteiger partial charge on any atom is -0.419 e. The number of nitrogens with zero attached hydrogens (tertiary/aromatic N) is 1. The van der Waals surface area contributed by atoms with E-state index >= 15 is 0 Å². The molecular weight excluding hydrogens is 491 g/mol. The third-order valence-corrected chi connectivity index (χ3v) is 7.19. The highest BCUT2D eigenvalue weighted by atomic mass is 35.5. The van der Waals surface area contributed by atoms with Gasteiger partial charge in [-0.25, -0.2) is 9.59 Å². The van der Waals surface area contributed by atoms with Gasteiger partial charge in [0.1, 0.15) is 0 Å². The number of hydrogen-bond acceptors (Lipinski definition) is 8. The first kappa shape index (κ1) is 23.7. The van der Waals surface area contributed by atoms with E-state index in [9.17, 15) is 9.59 Å². The van der Waals surface area contributed by atoms with Crippen molar-refractivity contribution in [2.75, 3.05) is 11.9 Å². The summed E-state index contributed by atoms with van der Waals surface area (Å²) >= 11 is 6.15. The van der Waals surface area contributed by atoms with Crippen LogP contribution in [0.5, 0.6) is 0 Å². The number of fused-ring (bicyclic) bond motifs is 1. The normalized spacial score (nSPS) is 21.9. The van der Waals surface area contributed by atoms with E-state index < -0.39 is 26.1 Å². The van der Waals surface area contributed by atoms with Crippen LogP contribution in [0.1, 0.15) is 31.9 Å². The van der Waals surface area contributed by atoms with Crippen LogP contribution < -0.4 is 10.6 Å². The van der Waals surface area contributed by atoms with Gasteiger partial charge in [-0.2, -0.15) is 0 Å². The topological polar surface area (TPSA) is 96.0 Å². The van der Waals surface area contributed by atoms with Crippen LogP contribution in [0.2, 0.25) is 5.02 Å². The van der Waals surface area contributed by atoms with Crippen molar-refractivity contribution in [1.82, 2.24) is 4.98 Å². The van der Waals surface area contributed by atoms with Crippen LogP contribution in [-0.2, 0) is 28.1 Å². The molecule has 2 aliphatic rings. The Kier molecular flexibility index (Phi) is 6.47. The second-order valence-corrected chi connectivity index (χ2v) is 10.4. The molecule has 2 aliphatic heterocycles. The van der Waals surface area contributed by atoms with Crippen molar-refractivity contribution >= 4 is 53.8 Å². The maximum Gasteiger partial charge on any atom is 0.350 e. The number of carbonyl (C=O) groups excluding carboxylic acids is 2. The van der Waals surface area contributed by atoms with E-state index in [2.05, 4.69) is 10.3 Å². The number of nitrogens with one attached hydrogen (secondary N) is 1. The molecule has 0 saturated carbocycles. The van der Waals surface area contributed by atoms with Gasteiger partial charge in [0.25, 0.3) is 5.79 Å². The average Bonchev–Trinajstić information content (AvgIpc) is 2.82. The van der Waals surface area contributed by atoms with E-state index in [4.69, 9.17) is 30.1 Å². The standard InChI is InChI=1S/C25H22ClN2O6P/c1-25(2)32-23(29)19(24(30)33-25)14-27-20-8-4-6-16-12-18(13-28-22(16)20)35-31-10-9-21(34-35)15-5-3-7-17(26)11-15/h3-8,11-14,21,27H,9-10H2,1-2H3. The van der Waals surface area contributed by atoms with E-state index in [0.717, 1.165) is 22.7 Å². The third kappa shape index (κ3) is 5.16. The number of anilines is 1. The summed E-state index contributed by atoms with van der Waals surface area (Å²) in [6.07, 6.45) is 3.63. The van der Waals surface area contributed by atoms with Gasteiger partial charge in [0.15, 0.2) is 5.57 Å². The van der Waals surface area contributed by atoms with Crippen molar-refractivity contribution in [3.8, 4) is 0 Å². The highest BCUT2D eigenvalue weighted by molar-refractivity contribution is 7.56. The molecule has 5 rings (SSSR count). The van der Waals surface area contributed by atoms with Gasteiger partial charge in [-0.1, -0.05) is 35.9 Å².